The van der Waals surface area contributed by atoms with Crippen molar-refractivity contribution in [2.75, 3.05) is 26.2 Å². The molecule has 0 amide bonds. The van der Waals surface area contributed by atoms with Crippen molar-refractivity contribution < 1.29 is 5.11 Å². The summed E-state index contributed by atoms with van der Waals surface area (Å²) in [6.45, 7) is 12.6. The number of nitrogens with zero attached hydrogens (tertiary/aromatic N) is 1. The van der Waals surface area contributed by atoms with Gasteiger partial charge < -0.3 is 15.4 Å². The van der Waals surface area contributed by atoms with Crippen LogP contribution >= 0.6 is 0 Å². The second-order valence-electron chi connectivity index (χ2n) is 10.4. The molecule has 3 N–H and O–H groups in total. The first-order valence-corrected chi connectivity index (χ1v) is 12.1. The quantitative estimate of drug-likeness (QED) is 0.405. The molecule has 4 nitrogen and oxygen atoms in total. The molecule has 0 bridgehead atoms. The Hall–Kier alpha value is -1.62. The molecule has 0 aliphatic carbocycles. The summed E-state index contributed by atoms with van der Waals surface area (Å²) >= 11 is 0. The lowest BCUT2D eigenvalue weighted by atomic mass is 9.84. The van der Waals surface area contributed by atoms with Gasteiger partial charge in [0.15, 0.2) is 0 Å². The fourth-order valence-corrected chi connectivity index (χ4v) is 4.88. The normalized spacial score (nSPS) is 18.5. The lowest BCUT2D eigenvalue weighted by Gasteiger charge is -2.30. The maximum atomic E-state index is 9.78. The Morgan fingerprint density at radius 3 is 2.87 bits per heavy atom. The first-order chi connectivity index (χ1) is 14.9. The van der Waals surface area contributed by atoms with Crippen LogP contribution in [0, 0.1) is 5.41 Å². The average Bonchev–Trinajstić information content (AvgIpc) is 3.34. The summed E-state index contributed by atoms with van der Waals surface area (Å²) in [6, 6.07) is 9.30. The van der Waals surface area contributed by atoms with Gasteiger partial charge in [-0.05, 0) is 82.5 Å². The number of nitrogens with one attached hydrogen (secondary N) is 2. The van der Waals surface area contributed by atoms with Crippen LogP contribution in [0.1, 0.15) is 65.4 Å². The van der Waals surface area contributed by atoms with Crippen LogP contribution in [-0.2, 0) is 6.42 Å². The van der Waals surface area contributed by atoms with Gasteiger partial charge >= 0.3 is 0 Å². The lowest BCUT2D eigenvalue weighted by molar-refractivity contribution is 0.146. The van der Waals surface area contributed by atoms with Crippen LogP contribution < -0.4 is 5.32 Å². The van der Waals surface area contributed by atoms with Gasteiger partial charge in [0.25, 0.3) is 0 Å². The first-order valence-electron chi connectivity index (χ1n) is 12.1. The zero-order valence-corrected chi connectivity index (χ0v) is 20.1. The highest BCUT2D eigenvalue weighted by Crippen LogP contribution is 2.27. The summed E-state index contributed by atoms with van der Waals surface area (Å²) in [5.41, 5.74) is 4.35. The molecule has 1 aliphatic heterocycles. The van der Waals surface area contributed by atoms with Gasteiger partial charge in [-0.1, -0.05) is 43.7 Å². The number of aromatic nitrogens is 1. The Kier molecular flexibility index (Phi) is 8.76. The van der Waals surface area contributed by atoms with Gasteiger partial charge in [0.1, 0.15) is 0 Å². The SMILES string of the molecule is CC(C)=CCCC(C)(C)CCNC(Cc1c[nH]c2ccccc12)CN1CCCC1CO. The fourth-order valence-electron chi connectivity index (χ4n) is 4.88. The molecule has 172 valence electrons. The molecule has 31 heavy (non-hydrogen) atoms. The smallest absolute Gasteiger partial charge is 0.0586 e. The van der Waals surface area contributed by atoms with Gasteiger partial charge in [0.05, 0.1) is 6.61 Å². The Labute approximate surface area is 189 Å². The van der Waals surface area contributed by atoms with E-state index in [4.69, 9.17) is 0 Å². The predicted octanol–water partition coefficient (Wildman–Crippen LogP) is 5.29. The Bertz CT molecular complexity index is 834. The van der Waals surface area contributed by atoms with Crippen LogP contribution in [0.4, 0.5) is 0 Å². The number of likely N-dealkylation sites (tertiary alicyclic amines) is 1. The fraction of sp³-hybridized carbons (Fsp3) is 0.630. The Morgan fingerprint density at radius 1 is 1.29 bits per heavy atom. The van der Waals surface area contributed by atoms with Crippen molar-refractivity contribution in [3.63, 3.8) is 0 Å². The van der Waals surface area contributed by atoms with Crippen LogP contribution in [-0.4, -0.2) is 53.3 Å². The maximum absolute atomic E-state index is 9.78. The van der Waals surface area contributed by atoms with Gasteiger partial charge in [-0.2, -0.15) is 0 Å². The monoisotopic (exact) mass is 425 g/mol. The Balaban J connectivity index is 1.62. The molecule has 0 saturated carbocycles. The number of hydrogen-bond acceptors (Lipinski definition) is 3. The third-order valence-corrected chi connectivity index (χ3v) is 6.91. The van der Waals surface area contributed by atoms with E-state index in [-0.39, 0.29) is 6.61 Å². The van der Waals surface area contributed by atoms with E-state index in [0.29, 0.717) is 17.5 Å². The van der Waals surface area contributed by atoms with E-state index in [9.17, 15) is 5.11 Å². The van der Waals surface area contributed by atoms with Crippen molar-refractivity contribution >= 4 is 10.9 Å². The number of rotatable bonds is 12. The number of hydrogen-bond donors (Lipinski definition) is 3. The summed E-state index contributed by atoms with van der Waals surface area (Å²) < 4.78 is 0. The van der Waals surface area contributed by atoms with Crippen LogP contribution in [0.3, 0.4) is 0 Å². The highest BCUT2D eigenvalue weighted by atomic mass is 16.3. The minimum atomic E-state index is 0.275. The van der Waals surface area contributed by atoms with Crippen molar-refractivity contribution in [2.24, 2.45) is 5.41 Å². The number of allylic oxidation sites excluding steroid dienone is 2. The molecule has 3 rings (SSSR count). The highest BCUT2D eigenvalue weighted by molar-refractivity contribution is 5.83. The minimum absolute atomic E-state index is 0.275. The molecule has 1 aromatic heterocycles. The van der Waals surface area contributed by atoms with Gasteiger partial charge in [0.2, 0.25) is 0 Å². The summed E-state index contributed by atoms with van der Waals surface area (Å²) in [4.78, 5) is 5.93. The number of para-hydroxylation sites is 1. The van der Waals surface area contributed by atoms with Crippen LogP contribution in [0.2, 0.25) is 0 Å². The van der Waals surface area contributed by atoms with E-state index in [1.165, 1.54) is 47.7 Å². The number of aliphatic hydroxyl groups excluding tert-OH is 1. The van der Waals surface area contributed by atoms with Crippen molar-refractivity contribution in [3.05, 3.63) is 47.7 Å². The predicted molar refractivity (Wildman–Crippen MR) is 133 cm³/mol. The van der Waals surface area contributed by atoms with Crippen molar-refractivity contribution in [1.82, 2.24) is 15.2 Å². The molecule has 4 heteroatoms. The number of aliphatic hydroxyl groups is 1. The van der Waals surface area contributed by atoms with Gasteiger partial charge in [-0.3, -0.25) is 4.90 Å². The highest BCUT2D eigenvalue weighted by Gasteiger charge is 2.27. The van der Waals surface area contributed by atoms with Gasteiger partial charge in [0, 0.05) is 35.7 Å². The zero-order valence-electron chi connectivity index (χ0n) is 20.1. The molecule has 1 aliphatic rings. The minimum Gasteiger partial charge on any atom is -0.395 e. The molecule has 2 heterocycles. The molecule has 0 spiro atoms. The number of benzene rings is 1. The molecule has 1 aromatic carbocycles. The van der Waals surface area contributed by atoms with E-state index in [1.54, 1.807) is 0 Å². The summed E-state index contributed by atoms with van der Waals surface area (Å²) in [7, 11) is 0. The maximum Gasteiger partial charge on any atom is 0.0586 e. The third-order valence-electron chi connectivity index (χ3n) is 6.91. The van der Waals surface area contributed by atoms with E-state index in [2.05, 4.69) is 79.4 Å². The molecular formula is C27H43N3O. The summed E-state index contributed by atoms with van der Waals surface area (Å²) in [6.07, 6.45) is 11.4. The second kappa shape index (κ2) is 11.3. The van der Waals surface area contributed by atoms with Crippen LogP contribution in [0.25, 0.3) is 10.9 Å². The number of aromatic amines is 1. The second-order valence-corrected chi connectivity index (χ2v) is 10.4. The molecule has 1 fully saturated rings. The van der Waals surface area contributed by atoms with Crippen molar-refractivity contribution in [3.8, 4) is 0 Å². The molecule has 1 saturated heterocycles. The third kappa shape index (κ3) is 7.20. The van der Waals surface area contributed by atoms with E-state index in [0.717, 1.165) is 32.5 Å². The van der Waals surface area contributed by atoms with Gasteiger partial charge in [-0.15, -0.1) is 0 Å². The molecule has 2 atom stereocenters. The molecule has 2 aromatic rings. The zero-order chi connectivity index (χ0) is 22.3. The topological polar surface area (TPSA) is 51.3 Å². The van der Waals surface area contributed by atoms with Crippen LogP contribution in [0.15, 0.2) is 42.1 Å². The summed E-state index contributed by atoms with van der Waals surface area (Å²) in [5.74, 6) is 0. The molecular weight excluding hydrogens is 382 g/mol. The summed E-state index contributed by atoms with van der Waals surface area (Å²) in [5, 5.41) is 15.0. The van der Waals surface area contributed by atoms with E-state index in [1.807, 2.05) is 0 Å². The number of fused-ring (bicyclic) bond motifs is 1. The lowest BCUT2D eigenvalue weighted by Crippen LogP contribution is -2.45. The molecule has 2 unspecified atom stereocenters. The van der Waals surface area contributed by atoms with E-state index < -0.39 is 0 Å². The van der Waals surface area contributed by atoms with Crippen LogP contribution in [0.5, 0.6) is 0 Å². The first kappa shape index (κ1) is 24.0. The molecule has 0 radical (unpaired) electrons. The van der Waals surface area contributed by atoms with E-state index >= 15 is 0 Å². The largest absolute Gasteiger partial charge is 0.395 e. The van der Waals surface area contributed by atoms with Crippen molar-refractivity contribution in [1.29, 1.82) is 0 Å². The number of H-pyrrole nitrogens is 1. The van der Waals surface area contributed by atoms with Gasteiger partial charge in [-0.25, -0.2) is 0 Å². The Morgan fingerprint density at radius 2 is 2.10 bits per heavy atom. The standard InChI is InChI=1S/C27H43N3O/c1-21(2)9-7-13-27(3,4)14-15-28-23(19-30-16-8-10-24(30)20-31)17-22-18-29-26-12-6-5-11-25(22)26/h5-6,9,11-12,18,23-24,28-29,31H,7-8,10,13-17,19-20H2,1-4H3. The average molecular weight is 426 g/mol. The van der Waals surface area contributed by atoms with Crippen molar-refractivity contribution in [2.45, 2.75) is 78.3 Å².